The van der Waals surface area contributed by atoms with Crippen LogP contribution in [0.5, 0.6) is 5.75 Å². The molecule has 0 atom stereocenters. The van der Waals surface area contributed by atoms with Gasteiger partial charge in [0.05, 0.1) is 36.3 Å². The van der Waals surface area contributed by atoms with Gasteiger partial charge in [-0.3, -0.25) is 4.79 Å². The van der Waals surface area contributed by atoms with Crippen molar-refractivity contribution in [3.05, 3.63) is 99.5 Å². The third-order valence-electron chi connectivity index (χ3n) is 6.26. The van der Waals surface area contributed by atoms with Gasteiger partial charge in [-0.05, 0) is 48.8 Å². The van der Waals surface area contributed by atoms with E-state index >= 15 is 0 Å². The minimum atomic E-state index is -0.154. The molecule has 2 aromatic carbocycles. The molecule has 0 radical (unpaired) electrons. The Kier molecular flexibility index (Phi) is 9.28. The molecule has 38 heavy (non-hydrogen) atoms. The monoisotopic (exact) mass is 525 g/mol. The SMILES string of the molecule is CCCCc1nc(C)n(-c2ncc(OCCSC)cn2)c(=O)c1Cc1ccc(-c2ccccc2C#N)cc1. The molecule has 2 aromatic heterocycles. The van der Waals surface area contributed by atoms with Gasteiger partial charge in [0.15, 0.2) is 5.75 Å². The van der Waals surface area contributed by atoms with E-state index in [1.165, 1.54) is 4.57 Å². The molecule has 0 N–H and O–H groups in total. The van der Waals surface area contributed by atoms with Crippen LogP contribution < -0.4 is 10.3 Å². The number of aromatic nitrogens is 4. The first-order valence-corrected chi connectivity index (χ1v) is 14.1. The number of aryl methyl sites for hydroxylation is 2. The number of nitrogens with zero attached hydrogens (tertiary/aromatic N) is 5. The van der Waals surface area contributed by atoms with E-state index < -0.39 is 0 Å². The summed E-state index contributed by atoms with van der Waals surface area (Å²) in [5.74, 6) is 2.28. The quantitative estimate of drug-likeness (QED) is 0.237. The normalized spacial score (nSPS) is 10.8. The highest BCUT2D eigenvalue weighted by Crippen LogP contribution is 2.24. The Morgan fingerprint density at radius 1 is 1.08 bits per heavy atom. The molecule has 8 heteroatoms. The van der Waals surface area contributed by atoms with E-state index in [1.807, 2.05) is 61.7 Å². The molecule has 0 saturated carbocycles. The third-order valence-corrected chi connectivity index (χ3v) is 6.84. The molecule has 0 saturated heterocycles. The number of hydrogen-bond acceptors (Lipinski definition) is 7. The maximum atomic E-state index is 13.8. The van der Waals surface area contributed by atoms with Crippen molar-refractivity contribution in [1.82, 2.24) is 19.5 Å². The van der Waals surface area contributed by atoms with Gasteiger partial charge in [0.25, 0.3) is 5.56 Å². The van der Waals surface area contributed by atoms with Crippen molar-refractivity contribution in [2.75, 3.05) is 18.6 Å². The molecule has 0 aliphatic heterocycles. The first-order chi connectivity index (χ1) is 18.5. The van der Waals surface area contributed by atoms with Crippen molar-refractivity contribution in [3.63, 3.8) is 0 Å². The summed E-state index contributed by atoms with van der Waals surface area (Å²) in [5, 5.41) is 9.46. The maximum Gasteiger partial charge on any atom is 0.264 e. The first kappa shape index (κ1) is 27.1. The molecule has 0 bridgehead atoms. The predicted octanol–water partition coefficient (Wildman–Crippen LogP) is 5.54. The van der Waals surface area contributed by atoms with E-state index in [9.17, 15) is 10.1 Å². The highest BCUT2D eigenvalue weighted by Gasteiger charge is 2.18. The van der Waals surface area contributed by atoms with Gasteiger partial charge < -0.3 is 4.74 Å². The van der Waals surface area contributed by atoms with Gasteiger partial charge in [-0.2, -0.15) is 17.0 Å². The molecule has 4 rings (SSSR count). The summed E-state index contributed by atoms with van der Waals surface area (Å²) in [6, 6.07) is 17.8. The van der Waals surface area contributed by atoms with Crippen LogP contribution in [0.1, 0.15) is 48.0 Å². The lowest BCUT2D eigenvalue weighted by Gasteiger charge is -2.15. The van der Waals surface area contributed by atoms with Crippen LogP contribution in [0.2, 0.25) is 0 Å². The molecular weight excluding hydrogens is 494 g/mol. The maximum absolute atomic E-state index is 13.8. The van der Waals surface area contributed by atoms with Crippen molar-refractivity contribution >= 4 is 11.8 Å². The second-order valence-electron chi connectivity index (χ2n) is 8.92. The fourth-order valence-electron chi connectivity index (χ4n) is 4.26. The van der Waals surface area contributed by atoms with Crippen molar-refractivity contribution in [3.8, 4) is 28.9 Å². The molecule has 0 aliphatic carbocycles. The molecule has 0 aliphatic rings. The minimum absolute atomic E-state index is 0.154. The summed E-state index contributed by atoms with van der Waals surface area (Å²) in [5.41, 5.74) is 4.80. The molecule has 2 heterocycles. The van der Waals surface area contributed by atoms with Gasteiger partial charge in [0, 0.05) is 17.7 Å². The molecule has 7 nitrogen and oxygen atoms in total. The summed E-state index contributed by atoms with van der Waals surface area (Å²) in [6.45, 7) is 4.51. The molecule has 0 spiro atoms. The summed E-state index contributed by atoms with van der Waals surface area (Å²) in [6.07, 6.45) is 8.35. The Hall–Kier alpha value is -3.96. The van der Waals surface area contributed by atoms with E-state index in [-0.39, 0.29) is 11.5 Å². The second-order valence-corrected chi connectivity index (χ2v) is 9.91. The zero-order valence-electron chi connectivity index (χ0n) is 22.0. The molecule has 4 aromatic rings. The van der Waals surface area contributed by atoms with Crippen molar-refractivity contribution in [2.24, 2.45) is 0 Å². The zero-order valence-corrected chi connectivity index (χ0v) is 22.8. The number of unbranched alkanes of at least 4 members (excludes halogenated alkanes) is 1. The average molecular weight is 526 g/mol. The smallest absolute Gasteiger partial charge is 0.264 e. The number of hydrogen-bond donors (Lipinski definition) is 0. The molecule has 0 amide bonds. The van der Waals surface area contributed by atoms with Gasteiger partial charge in [-0.1, -0.05) is 55.8 Å². The number of thioether (sulfide) groups is 1. The van der Waals surface area contributed by atoms with Crippen LogP contribution >= 0.6 is 11.8 Å². The van der Waals surface area contributed by atoms with Crippen molar-refractivity contribution < 1.29 is 4.74 Å². The zero-order chi connectivity index (χ0) is 26.9. The van der Waals surface area contributed by atoms with Gasteiger partial charge in [-0.15, -0.1) is 0 Å². The van der Waals surface area contributed by atoms with Gasteiger partial charge in [-0.25, -0.2) is 19.5 Å². The topological polar surface area (TPSA) is 93.7 Å². The Morgan fingerprint density at radius 3 is 2.50 bits per heavy atom. The number of nitriles is 1. The average Bonchev–Trinajstić information content (AvgIpc) is 2.95. The van der Waals surface area contributed by atoms with E-state index in [4.69, 9.17) is 9.72 Å². The number of benzene rings is 2. The van der Waals surface area contributed by atoms with Crippen LogP contribution in [0, 0.1) is 18.3 Å². The van der Waals surface area contributed by atoms with Gasteiger partial charge >= 0.3 is 0 Å². The first-order valence-electron chi connectivity index (χ1n) is 12.7. The third kappa shape index (κ3) is 6.29. The predicted molar refractivity (Wildman–Crippen MR) is 152 cm³/mol. The fourth-order valence-corrected chi connectivity index (χ4v) is 4.51. The van der Waals surface area contributed by atoms with Crippen LogP contribution in [-0.4, -0.2) is 38.1 Å². The summed E-state index contributed by atoms with van der Waals surface area (Å²) >= 11 is 1.70. The van der Waals surface area contributed by atoms with Crippen LogP contribution in [-0.2, 0) is 12.8 Å². The van der Waals surface area contributed by atoms with Crippen LogP contribution in [0.3, 0.4) is 0 Å². The summed E-state index contributed by atoms with van der Waals surface area (Å²) in [4.78, 5) is 27.5. The Labute approximate surface area is 227 Å². The lowest BCUT2D eigenvalue weighted by atomic mass is 9.97. The minimum Gasteiger partial charge on any atom is -0.489 e. The fraction of sp³-hybridized carbons (Fsp3) is 0.300. The molecule has 0 unspecified atom stereocenters. The molecule has 194 valence electrons. The summed E-state index contributed by atoms with van der Waals surface area (Å²) < 4.78 is 7.13. The van der Waals surface area contributed by atoms with Crippen LogP contribution in [0.25, 0.3) is 17.1 Å². The lowest BCUT2D eigenvalue weighted by molar-refractivity contribution is 0.341. The van der Waals surface area contributed by atoms with Crippen molar-refractivity contribution in [2.45, 2.75) is 39.5 Å². The highest BCUT2D eigenvalue weighted by atomic mass is 32.2. The van der Waals surface area contributed by atoms with E-state index in [0.717, 1.165) is 47.4 Å². The van der Waals surface area contributed by atoms with Gasteiger partial charge in [0.2, 0.25) is 5.95 Å². The molecule has 0 fully saturated rings. The van der Waals surface area contributed by atoms with E-state index in [0.29, 0.717) is 35.7 Å². The standard InChI is InChI=1S/C30H31N5O2S/c1-4-5-10-28-27(17-22-11-13-23(14-12-22)26-9-7-6-8-24(26)18-31)29(36)35(21(2)34-28)30-32-19-25(20-33-30)37-15-16-38-3/h6-9,11-14,19-20H,4-5,10,15-17H2,1-3H3. The summed E-state index contributed by atoms with van der Waals surface area (Å²) in [7, 11) is 0. The van der Waals surface area contributed by atoms with E-state index in [1.54, 1.807) is 24.2 Å². The lowest BCUT2D eigenvalue weighted by Crippen LogP contribution is -2.29. The van der Waals surface area contributed by atoms with Crippen molar-refractivity contribution in [1.29, 1.82) is 5.26 Å². The number of rotatable bonds is 11. The Balaban J connectivity index is 1.67. The number of ether oxygens (including phenoxy) is 1. The van der Waals surface area contributed by atoms with Crippen LogP contribution in [0.4, 0.5) is 0 Å². The highest BCUT2D eigenvalue weighted by molar-refractivity contribution is 7.98. The van der Waals surface area contributed by atoms with Gasteiger partial charge in [0.1, 0.15) is 5.82 Å². The van der Waals surface area contributed by atoms with Crippen LogP contribution in [0.15, 0.2) is 65.7 Å². The molecular formula is C30H31N5O2S. The second kappa shape index (κ2) is 13.0. The van der Waals surface area contributed by atoms with E-state index in [2.05, 4.69) is 23.0 Å². The Morgan fingerprint density at radius 2 is 1.82 bits per heavy atom. The largest absolute Gasteiger partial charge is 0.489 e. The Bertz CT molecular complexity index is 1470.